The number of aromatic nitrogens is 2. The highest BCUT2D eigenvalue weighted by Crippen LogP contribution is 2.21. The second kappa shape index (κ2) is 11.8. The molecule has 2 heterocycles. The summed E-state index contributed by atoms with van der Waals surface area (Å²) in [5.41, 5.74) is 7.64. The van der Waals surface area contributed by atoms with Gasteiger partial charge in [-0.3, -0.25) is 4.98 Å². The van der Waals surface area contributed by atoms with Crippen LogP contribution in [-0.2, 0) is 17.8 Å². The molecule has 0 bridgehead atoms. The maximum Gasteiger partial charge on any atom is 0.0888 e. The first-order valence-corrected chi connectivity index (χ1v) is 10.8. The highest BCUT2D eigenvalue weighted by atomic mass is 16.5. The third kappa shape index (κ3) is 6.59. The number of anilines is 3. The van der Waals surface area contributed by atoms with E-state index in [0.717, 1.165) is 54.4 Å². The number of nitrogens with one attached hydrogen (secondary N) is 3. The van der Waals surface area contributed by atoms with Gasteiger partial charge in [0.2, 0.25) is 0 Å². The van der Waals surface area contributed by atoms with Crippen LogP contribution in [-0.4, -0.2) is 23.1 Å². The monoisotopic (exact) mass is 416 g/mol. The van der Waals surface area contributed by atoms with Crippen LogP contribution in [0, 0.1) is 0 Å². The molecule has 0 saturated carbocycles. The van der Waals surface area contributed by atoms with Crippen LogP contribution in [0.4, 0.5) is 17.1 Å². The predicted molar refractivity (Wildman–Crippen MR) is 132 cm³/mol. The minimum atomic E-state index is 0.539. The van der Waals surface area contributed by atoms with E-state index in [0.29, 0.717) is 6.61 Å². The summed E-state index contributed by atoms with van der Waals surface area (Å²) in [5, 5.41) is 6.93. The van der Waals surface area contributed by atoms with Crippen LogP contribution in [0.2, 0.25) is 0 Å². The van der Waals surface area contributed by atoms with Gasteiger partial charge >= 0.3 is 0 Å². The zero-order chi connectivity index (χ0) is 21.9. The fraction of sp³-hybridized carbons (Fsp3) is 0.269. The molecule has 3 rings (SSSR count). The van der Waals surface area contributed by atoms with E-state index in [2.05, 4.69) is 76.7 Å². The molecule has 0 aliphatic carbocycles. The van der Waals surface area contributed by atoms with Crippen molar-refractivity contribution in [3.05, 3.63) is 84.0 Å². The number of benzene rings is 1. The van der Waals surface area contributed by atoms with Crippen molar-refractivity contribution in [2.75, 3.05) is 23.8 Å². The minimum absolute atomic E-state index is 0.539. The Hall–Kier alpha value is -3.31. The van der Waals surface area contributed by atoms with Crippen LogP contribution in [0.15, 0.2) is 61.4 Å². The molecule has 0 amide bonds. The first-order valence-electron chi connectivity index (χ1n) is 10.8. The van der Waals surface area contributed by atoms with Gasteiger partial charge in [-0.1, -0.05) is 25.7 Å². The van der Waals surface area contributed by atoms with Crippen molar-refractivity contribution in [3.63, 3.8) is 0 Å². The average molecular weight is 417 g/mol. The van der Waals surface area contributed by atoms with E-state index in [1.54, 1.807) is 0 Å². The molecular weight excluding hydrogens is 384 g/mol. The van der Waals surface area contributed by atoms with Crippen molar-refractivity contribution in [2.24, 2.45) is 0 Å². The van der Waals surface area contributed by atoms with Crippen LogP contribution < -0.4 is 10.6 Å². The fourth-order valence-electron chi connectivity index (χ4n) is 3.37. The summed E-state index contributed by atoms with van der Waals surface area (Å²) >= 11 is 0. The zero-order valence-electron chi connectivity index (χ0n) is 18.4. The molecule has 31 heavy (non-hydrogen) atoms. The molecule has 0 radical (unpaired) electrons. The number of H-pyrrole nitrogens is 1. The summed E-state index contributed by atoms with van der Waals surface area (Å²) in [6.07, 6.45) is 11.9. The second-order valence-electron chi connectivity index (χ2n) is 7.31. The maximum absolute atomic E-state index is 5.58. The molecule has 0 unspecified atom stereocenters. The summed E-state index contributed by atoms with van der Waals surface area (Å²) in [6.45, 7) is 10.2. The Kier molecular flexibility index (Phi) is 8.49. The van der Waals surface area contributed by atoms with E-state index in [4.69, 9.17) is 4.74 Å². The predicted octanol–water partition coefficient (Wildman–Crippen LogP) is 6.41. The Morgan fingerprint density at radius 1 is 1.13 bits per heavy atom. The zero-order valence-corrected chi connectivity index (χ0v) is 18.4. The number of pyridine rings is 1. The van der Waals surface area contributed by atoms with E-state index >= 15 is 0 Å². The first kappa shape index (κ1) is 22.4. The van der Waals surface area contributed by atoms with Crippen molar-refractivity contribution in [2.45, 2.75) is 33.3 Å². The molecule has 0 aliphatic rings. The number of aromatic amines is 1. The highest BCUT2D eigenvalue weighted by Gasteiger charge is 2.06. The van der Waals surface area contributed by atoms with E-state index < -0.39 is 0 Å². The molecule has 5 heteroatoms. The summed E-state index contributed by atoms with van der Waals surface area (Å²) in [5.74, 6) is 0. The van der Waals surface area contributed by atoms with Gasteiger partial charge < -0.3 is 20.4 Å². The minimum Gasteiger partial charge on any atom is -0.385 e. The van der Waals surface area contributed by atoms with Gasteiger partial charge in [0, 0.05) is 53.9 Å². The Morgan fingerprint density at radius 3 is 2.68 bits per heavy atom. The Bertz CT molecular complexity index is 989. The molecule has 5 nitrogen and oxygen atoms in total. The van der Waals surface area contributed by atoms with Gasteiger partial charge in [-0.25, -0.2) is 0 Å². The molecule has 3 aromatic rings. The van der Waals surface area contributed by atoms with Crippen molar-refractivity contribution < 1.29 is 4.74 Å². The number of allylic oxidation sites excluding steroid dienone is 1. The van der Waals surface area contributed by atoms with E-state index in [1.165, 1.54) is 11.1 Å². The van der Waals surface area contributed by atoms with Crippen LogP contribution >= 0.6 is 0 Å². The number of hydrogen-bond donors (Lipinski definition) is 3. The van der Waals surface area contributed by atoms with Gasteiger partial charge in [0.25, 0.3) is 0 Å². The Balaban J connectivity index is 1.52. The Morgan fingerprint density at radius 2 is 1.94 bits per heavy atom. The number of rotatable bonds is 12. The van der Waals surface area contributed by atoms with Crippen molar-refractivity contribution in [1.29, 1.82) is 0 Å². The third-order valence-corrected chi connectivity index (χ3v) is 4.89. The van der Waals surface area contributed by atoms with E-state index in [9.17, 15) is 0 Å². The maximum atomic E-state index is 5.58. The molecule has 1 aromatic carbocycles. The lowest BCUT2D eigenvalue weighted by atomic mass is 10.1. The average Bonchev–Trinajstić information content (AvgIpc) is 3.17. The lowest BCUT2D eigenvalue weighted by Gasteiger charge is -2.10. The lowest BCUT2D eigenvalue weighted by Crippen LogP contribution is -2.05. The van der Waals surface area contributed by atoms with E-state index in [1.807, 2.05) is 31.3 Å². The SMILES string of the molecule is C=Cc1[nH]cc(CCNc2ccc(Nc3ccnc(COCCC)c3)cc2)c1/C=C\C. The smallest absolute Gasteiger partial charge is 0.0888 e. The molecule has 0 fully saturated rings. The first-order chi connectivity index (χ1) is 15.2. The van der Waals surface area contributed by atoms with Crippen LogP contribution in [0.3, 0.4) is 0 Å². The van der Waals surface area contributed by atoms with Gasteiger partial charge in [-0.2, -0.15) is 0 Å². The molecule has 162 valence electrons. The molecular formula is C26H32N4O. The number of hydrogen-bond acceptors (Lipinski definition) is 4. The fourth-order valence-corrected chi connectivity index (χ4v) is 3.37. The number of ether oxygens (including phenoxy) is 1. The molecule has 3 N–H and O–H groups in total. The van der Waals surface area contributed by atoms with Gasteiger partial charge in [-0.15, -0.1) is 0 Å². The quantitative estimate of drug-likeness (QED) is 0.299. The normalized spacial score (nSPS) is 11.0. The molecule has 0 spiro atoms. The lowest BCUT2D eigenvalue weighted by molar-refractivity contribution is 0.119. The Labute approximate surface area is 185 Å². The van der Waals surface area contributed by atoms with Crippen LogP contribution in [0.25, 0.3) is 12.2 Å². The van der Waals surface area contributed by atoms with E-state index in [-0.39, 0.29) is 0 Å². The van der Waals surface area contributed by atoms with Crippen LogP contribution in [0.5, 0.6) is 0 Å². The summed E-state index contributed by atoms with van der Waals surface area (Å²) < 4.78 is 5.58. The van der Waals surface area contributed by atoms with Crippen molar-refractivity contribution in [3.8, 4) is 0 Å². The van der Waals surface area contributed by atoms with Gasteiger partial charge in [0.1, 0.15) is 0 Å². The summed E-state index contributed by atoms with van der Waals surface area (Å²) in [7, 11) is 0. The third-order valence-electron chi connectivity index (χ3n) is 4.89. The van der Waals surface area contributed by atoms with Gasteiger partial charge in [0.05, 0.1) is 12.3 Å². The largest absolute Gasteiger partial charge is 0.385 e. The molecule has 2 aromatic heterocycles. The van der Waals surface area contributed by atoms with Gasteiger partial charge in [-0.05, 0) is 67.8 Å². The van der Waals surface area contributed by atoms with Crippen molar-refractivity contribution in [1.82, 2.24) is 9.97 Å². The number of nitrogens with zero attached hydrogens (tertiary/aromatic N) is 1. The standard InChI is InChI=1S/C26H32N4O/c1-4-7-25-20(18-29-26(25)6-3)12-14-27-21-8-10-22(11-9-21)30-23-13-15-28-24(17-23)19-31-16-5-2/h4,6-11,13,15,17-18,27,29H,3,5,12,14,16,19H2,1-2H3,(H,28,30)/b7-4-. The summed E-state index contributed by atoms with van der Waals surface area (Å²) in [4.78, 5) is 7.65. The highest BCUT2D eigenvalue weighted by molar-refractivity contribution is 5.65. The second-order valence-corrected chi connectivity index (χ2v) is 7.31. The topological polar surface area (TPSA) is 62.0 Å². The molecule has 0 atom stereocenters. The van der Waals surface area contributed by atoms with Gasteiger partial charge in [0.15, 0.2) is 0 Å². The summed E-state index contributed by atoms with van der Waals surface area (Å²) in [6, 6.07) is 12.3. The van der Waals surface area contributed by atoms with Crippen LogP contribution in [0.1, 0.15) is 42.8 Å². The molecule has 0 saturated heterocycles. The molecule has 0 aliphatic heterocycles. The van der Waals surface area contributed by atoms with Crippen molar-refractivity contribution >= 4 is 29.2 Å².